The highest BCUT2D eigenvalue weighted by Crippen LogP contribution is 2.27. The Morgan fingerprint density at radius 2 is 2.29 bits per heavy atom. The van der Waals surface area contributed by atoms with Crippen LogP contribution in [-0.4, -0.2) is 30.6 Å². The van der Waals surface area contributed by atoms with E-state index in [2.05, 4.69) is 17.0 Å². The first kappa shape index (κ1) is 12.4. The summed E-state index contributed by atoms with van der Waals surface area (Å²) < 4.78 is 0. The quantitative estimate of drug-likeness (QED) is 0.816. The molecule has 2 atom stereocenters. The fourth-order valence-corrected chi connectivity index (χ4v) is 2.66. The maximum absolute atomic E-state index is 8.75. The average molecular weight is 250 g/mol. The number of halogens is 1. The molecule has 0 bridgehead atoms. The van der Waals surface area contributed by atoms with Crippen LogP contribution in [0.3, 0.4) is 0 Å². The van der Waals surface area contributed by atoms with Crippen molar-refractivity contribution in [2.24, 2.45) is 5.73 Å². The minimum Gasteiger partial charge on any atom is -0.327 e. The molecule has 1 aliphatic rings. The third-order valence-electron chi connectivity index (χ3n) is 3.17. The van der Waals surface area contributed by atoms with Gasteiger partial charge in [-0.3, -0.25) is 4.90 Å². The van der Waals surface area contributed by atoms with Crippen molar-refractivity contribution in [3.8, 4) is 6.07 Å². The van der Waals surface area contributed by atoms with Gasteiger partial charge in [-0.1, -0.05) is 23.7 Å². The number of hydrogen-bond donors (Lipinski definition) is 1. The number of rotatable bonds is 2. The zero-order valence-corrected chi connectivity index (χ0v) is 10.4. The number of hydrogen-bond acceptors (Lipinski definition) is 3. The summed E-state index contributed by atoms with van der Waals surface area (Å²) in [6, 6.07) is 10.2. The SMILES string of the molecule is N#CCN1CC(N)CC(c2cccc(Cl)c2)C1. The summed E-state index contributed by atoms with van der Waals surface area (Å²) in [6.07, 6.45) is 0.961. The lowest BCUT2D eigenvalue weighted by Gasteiger charge is -2.35. The Hall–Kier alpha value is -1.08. The average Bonchev–Trinajstić information content (AvgIpc) is 2.28. The molecule has 4 heteroatoms. The second kappa shape index (κ2) is 5.50. The largest absolute Gasteiger partial charge is 0.327 e. The van der Waals surface area contributed by atoms with Crippen molar-refractivity contribution >= 4 is 11.6 Å². The highest BCUT2D eigenvalue weighted by Gasteiger charge is 2.25. The Labute approximate surface area is 107 Å². The summed E-state index contributed by atoms with van der Waals surface area (Å²) in [4.78, 5) is 2.11. The molecule has 2 unspecified atom stereocenters. The molecule has 0 amide bonds. The fraction of sp³-hybridized carbons (Fsp3) is 0.462. The Morgan fingerprint density at radius 3 is 3.00 bits per heavy atom. The smallest absolute Gasteiger partial charge is 0.0866 e. The van der Waals surface area contributed by atoms with Gasteiger partial charge in [-0.25, -0.2) is 0 Å². The number of nitriles is 1. The van der Waals surface area contributed by atoms with Crippen LogP contribution in [0.15, 0.2) is 24.3 Å². The molecule has 0 radical (unpaired) electrons. The molecule has 1 aliphatic heterocycles. The molecule has 1 fully saturated rings. The fourth-order valence-electron chi connectivity index (χ4n) is 2.46. The molecule has 1 aromatic rings. The molecule has 0 aromatic heterocycles. The zero-order valence-electron chi connectivity index (χ0n) is 9.64. The van der Waals surface area contributed by atoms with Gasteiger partial charge in [0.05, 0.1) is 12.6 Å². The Kier molecular flexibility index (Phi) is 4.01. The first-order valence-corrected chi connectivity index (χ1v) is 6.17. The highest BCUT2D eigenvalue weighted by atomic mass is 35.5. The Morgan fingerprint density at radius 1 is 1.47 bits per heavy atom. The molecule has 0 spiro atoms. The van der Waals surface area contributed by atoms with E-state index in [0.717, 1.165) is 24.5 Å². The summed E-state index contributed by atoms with van der Waals surface area (Å²) in [7, 11) is 0. The third-order valence-corrected chi connectivity index (χ3v) is 3.41. The van der Waals surface area contributed by atoms with E-state index in [1.165, 1.54) is 5.56 Å². The second-order valence-electron chi connectivity index (χ2n) is 4.60. The molecule has 1 saturated heterocycles. The lowest BCUT2D eigenvalue weighted by molar-refractivity contribution is 0.209. The van der Waals surface area contributed by atoms with Gasteiger partial charge < -0.3 is 5.73 Å². The van der Waals surface area contributed by atoms with Crippen LogP contribution in [0.25, 0.3) is 0 Å². The molecule has 2 rings (SSSR count). The monoisotopic (exact) mass is 249 g/mol. The van der Waals surface area contributed by atoms with E-state index in [4.69, 9.17) is 22.6 Å². The van der Waals surface area contributed by atoms with E-state index < -0.39 is 0 Å². The molecule has 0 saturated carbocycles. The zero-order chi connectivity index (χ0) is 12.3. The van der Waals surface area contributed by atoms with Crippen LogP contribution in [0.1, 0.15) is 17.9 Å². The van der Waals surface area contributed by atoms with E-state index in [1.54, 1.807) is 0 Å². The third kappa shape index (κ3) is 3.19. The van der Waals surface area contributed by atoms with E-state index in [1.807, 2.05) is 18.2 Å². The first-order chi connectivity index (χ1) is 8.19. The van der Waals surface area contributed by atoms with Gasteiger partial charge in [-0.15, -0.1) is 0 Å². The predicted octanol–water partition coefficient (Wildman–Crippen LogP) is 1.98. The van der Waals surface area contributed by atoms with Crippen LogP contribution in [0, 0.1) is 11.3 Å². The summed E-state index contributed by atoms with van der Waals surface area (Å²) in [5.41, 5.74) is 7.26. The van der Waals surface area contributed by atoms with Crippen LogP contribution in [0.5, 0.6) is 0 Å². The molecule has 2 N–H and O–H groups in total. The Bertz CT molecular complexity index is 427. The first-order valence-electron chi connectivity index (χ1n) is 5.79. The number of nitrogens with two attached hydrogens (primary N) is 1. The highest BCUT2D eigenvalue weighted by molar-refractivity contribution is 6.30. The summed E-state index contributed by atoms with van der Waals surface area (Å²) in [5.74, 6) is 0.380. The second-order valence-corrected chi connectivity index (χ2v) is 5.04. The minimum atomic E-state index is 0.140. The van der Waals surface area contributed by atoms with Crippen molar-refractivity contribution in [2.75, 3.05) is 19.6 Å². The van der Waals surface area contributed by atoms with Crippen molar-refractivity contribution < 1.29 is 0 Å². The van der Waals surface area contributed by atoms with Crippen LogP contribution in [0.4, 0.5) is 0 Å². The van der Waals surface area contributed by atoms with Crippen LogP contribution in [-0.2, 0) is 0 Å². The topological polar surface area (TPSA) is 53.0 Å². The van der Waals surface area contributed by atoms with Gasteiger partial charge in [0.1, 0.15) is 0 Å². The van der Waals surface area contributed by atoms with Gasteiger partial charge >= 0.3 is 0 Å². The molecule has 1 aromatic carbocycles. The van der Waals surface area contributed by atoms with Gasteiger partial charge in [0.2, 0.25) is 0 Å². The molecular weight excluding hydrogens is 234 g/mol. The van der Waals surface area contributed by atoms with E-state index in [-0.39, 0.29) is 6.04 Å². The molecular formula is C13H16ClN3. The van der Waals surface area contributed by atoms with Gasteiger partial charge in [0, 0.05) is 24.2 Å². The molecule has 17 heavy (non-hydrogen) atoms. The molecule has 1 heterocycles. The lowest BCUT2D eigenvalue weighted by Crippen LogP contribution is -2.46. The van der Waals surface area contributed by atoms with Gasteiger partial charge in [-0.05, 0) is 30.0 Å². The van der Waals surface area contributed by atoms with Crippen LogP contribution < -0.4 is 5.73 Å². The maximum atomic E-state index is 8.75. The standard InChI is InChI=1S/C13H16ClN3/c14-12-3-1-2-10(6-12)11-7-13(16)9-17(8-11)5-4-15/h1-3,6,11,13H,5,7-9,16H2. The lowest BCUT2D eigenvalue weighted by atomic mass is 9.88. The molecule has 90 valence electrons. The van der Waals surface area contributed by atoms with E-state index in [0.29, 0.717) is 12.5 Å². The van der Waals surface area contributed by atoms with Gasteiger partial charge in [-0.2, -0.15) is 5.26 Å². The summed E-state index contributed by atoms with van der Waals surface area (Å²) in [6.45, 7) is 2.15. The minimum absolute atomic E-state index is 0.140. The van der Waals surface area contributed by atoms with Crippen molar-refractivity contribution in [3.05, 3.63) is 34.9 Å². The number of nitrogens with zero attached hydrogens (tertiary/aromatic N) is 2. The van der Waals surface area contributed by atoms with Crippen LogP contribution >= 0.6 is 11.6 Å². The summed E-state index contributed by atoms with van der Waals surface area (Å²) in [5, 5.41) is 9.51. The maximum Gasteiger partial charge on any atom is 0.0866 e. The van der Waals surface area contributed by atoms with Crippen molar-refractivity contribution in [1.29, 1.82) is 5.26 Å². The van der Waals surface area contributed by atoms with Crippen molar-refractivity contribution in [2.45, 2.75) is 18.4 Å². The van der Waals surface area contributed by atoms with E-state index in [9.17, 15) is 0 Å². The van der Waals surface area contributed by atoms with Crippen molar-refractivity contribution in [3.63, 3.8) is 0 Å². The number of benzene rings is 1. The van der Waals surface area contributed by atoms with Crippen molar-refractivity contribution in [1.82, 2.24) is 4.90 Å². The predicted molar refractivity (Wildman–Crippen MR) is 68.8 cm³/mol. The van der Waals surface area contributed by atoms with Gasteiger partial charge in [0.15, 0.2) is 0 Å². The normalized spacial score (nSPS) is 25.5. The van der Waals surface area contributed by atoms with Gasteiger partial charge in [0.25, 0.3) is 0 Å². The van der Waals surface area contributed by atoms with E-state index >= 15 is 0 Å². The van der Waals surface area contributed by atoms with Crippen LogP contribution in [0.2, 0.25) is 5.02 Å². The summed E-state index contributed by atoms with van der Waals surface area (Å²) >= 11 is 6.00. The number of likely N-dealkylation sites (tertiary alicyclic amines) is 1. The molecule has 3 nitrogen and oxygen atoms in total. The molecule has 0 aliphatic carbocycles. The number of piperidine rings is 1. The Balaban J connectivity index is 2.13.